The largest absolute Gasteiger partial charge is 0.462 e. The van der Waals surface area contributed by atoms with Crippen LogP contribution in [0.25, 0.3) is 6.08 Å². The maximum atomic E-state index is 12.1. The van der Waals surface area contributed by atoms with Gasteiger partial charge in [-0.2, -0.15) is 0 Å². The highest BCUT2D eigenvalue weighted by molar-refractivity contribution is 6.20. The highest BCUT2D eigenvalue weighted by atomic mass is 16.6. The first-order chi connectivity index (χ1) is 10.5. The summed E-state index contributed by atoms with van der Waals surface area (Å²) >= 11 is 0. The van der Waals surface area contributed by atoms with Gasteiger partial charge in [0, 0.05) is 18.6 Å². The zero-order valence-electron chi connectivity index (χ0n) is 12.7. The van der Waals surface area contributed by atoms with Crippen molar-refractivity contribution in [1.82, 2.24) is 0 Å². The topological polar surface area (TPSA) is 86.5 Å². The van der Waals surface area contributed by atoms with Crippen LogP contribution in [0.1, 0.15) is 38.7 Å². The molecule has 0 saturated carbocycles. The smallest absolute Gasteiger partial charge is 0.341 e. The summed E-state index contributed by atoms with van der Waals surface area (Å²) in [5.74, 6) is -0.944. The zero-order chi connectivity index (χ0) is 16.5. The fourth-order valence-corrected chi connectivity index (χ4v) is 1.79. The number of rotatable bonds is 8. The van der Waals surface area contributed by atoms with Crippen LogP contribution in [-0.4, -0.2) is 23.3 Å². The van der Waals surface area contributed by atoms with E-state index in [1.165, 1.54) is 30.3 Å². The van der Waals surface area contributed by atoms with Gasteiger partial charge in [-0.3, -0.25) is 14.9 Å². The van der Waals surface area contributed by atoms with Crippen molar-refractivity contribution in [2.24, 2.45) is 0 Å². The molecule has 0 unspecified atom stereocenters. The van der Waals surface area contributed by atoms with E-state index in [1.54, 1.807) is 6.92 Å². The predicted molar refractivity (Wildman–Crippen MR) is 82.2 cm³/mol. The van der Waals surface area contributed by atoms with Gasteiger partial charge in [0.15, 0.2) is 5.78 Å². The molecule has 1 aromatic rings. The van der Waals surface area contributed by atoms with Crippen molar-refractivity contribution in [2.45, 2.75) is 33.1 Å². The molecule has 6 nitrogen and oxygen atoms in total. The van der Waals surface area contributed by atoms with Crippen LogP contribution in [0, 0.1) is 10.1 Å². The molecule has 1 aromatic carbocycles. The van der Waals surface area contributed by atoms with Crippen LogP contribution in [0.2, 0.25) is 0 Å². The standard InChI is InChI=1S/C16H19NO5/c1-3-5-6-15(18)14(16(19)22-4-2)11-12-7-9-13(10-8-12)17(20)21/h7-11H,3-6H2,1-2H3. The molecule has 0 aliphatic heterocycles. The van der Waals surface area contributed by atoms with Crippen LogP contribution in [-0.2, 0) is 14.3 Å². The molecule has 0 radical (unpaired) electrons. The van der Waals surface area contributed by atoms with Crippen LogP contribution in [0.5, 0.6) is 0 Å². The lowest BCUT2D eigenvalue weighted by Crippen LogP contribution is -2.15. The van der Waals surface area contributed by atoms with Crippen molar-refractivity contribution in [1.29, 1.82) is 0 Å². The van der Waals surface area contributed by atoms with E-state index in [2.05, 4.69) is 0 Å². The lowest BCUT2D eigenvalue weighted by Gasteiger charge is -2.06. The van der Waals surface area contributed by atoms with Crippen molar-refractivity contribution in [3.8, 4) is 0 Å². The maximum absolute atomic E-state index is 12.1. The molecule has 0 spiro atoms. The number of nitro benzene ring substituents is 1. The number of carbonyl (C=O) groups is 2. The quantitative estimate of drug-likeness (QED) is 0.184. The first-order valence-corrected chi connectivity index (χ1v) is 7.16. The molecular weight excluding hydrogens is 286 g/mol. The molecule has 118 valence electrons. The summed E-state index contributed by atoms with van der Waals surface area (Å²) in [5, 5.41) is 10.6. The third-order valence-electron chi connectivity index (χ3n) is 2.97. The van der Waals surface area contributed by atoms with E-state index >= 15 is 0 Å². The molecule has 0 bridgehead atoms. The second-order valence-electron chi connectivity index (χ2n) is 4.65. The number of hydrogen-bond donors (Lipinski definition) is 0. The SMILES string of the molecule is CCCCC(=O)C(=Cc1ccc([N+](=O)[O-])cc1)C(=O)OCC. The number of hydrogen-bond acceptors (Lipinski definition) is 5. The van der Waals surface area contributed by atoms with Gasteiger partial charge in [-0.15, -0.1) is 0 Å². The summed E-state index contributed by atoms with van der Waals surface area (Å²) in [6.45, 7) is 3.80. The van der Waals surface area contributed by atoms with Crippen molar-refractivity contribution in [3.05, 3.63) is 45.5 Å². The van der Waals surface area contributed by atoms with Crippen LogP contribution >= 0.6 is 0 Å². The van der Waals surface area contributed by atoms with Crippen LogP contribution in [0.15, 0.2) is 29.8 Å². The molecule has 0 amide bonds. The number of nitrogens with zero attached hydrogens (tertiary/aromatic N) is 1. The van der Waals surface area contributed by atoms with Gasteiger partial charge in [-0.25, -0.2) is 4.79 Å². The summed E-state index contributed by atoms with van der Waals surface area (Å²) in [7, 11) is 0. The fourth-order valence-electron chi connectivity index (χ4n) is 1.79. The Morgan fingerprint density at radius 3 is 2.36 bits per heavy atom. The van der Waals surface area contributed by atoms with Crippen molar-refractivity contribution in [3.63, 3.8) is 0 Å². The van der Waals surface area contributed by atoms with E-state index in [9.17, 15) is 19.7 Å². The Hall–Kier alpha value is -2.50. The third kappa shape index (κ3) is 5.12. The minimum atomic E-state index is -0.665. The Bertz CT molecular complexity index is 575. The Morgan fingerprint density at radius 1 is 1.23 bits per heavy atom. The van der Waals surface area contributed by atoms with Gasteiger partial charge in [0.1, 0.15) is 5.57 Å². The summed E-state index contributed by atoms with van der Waals surface area (Å²) < 4.78 is 4.90. The van der Waals surface area contributed by atoms with Gasteiger partial charge in [0.2, 0.25) is 0 Å². The second kappa shape index (κ2) is 8.71. The number of non-ortho nitro benzene ring substituents is 1. The van der Waals surface area contributed by atoms with Crippen molar-refractivity contribution < 1.29 is 19.2 Å². The number of benzene rings is 1. The van der Waals surface area contributed by atoms with E-state index in [4.69, 9.17) is 4.74 Å². The molecule has 0 saturated heterocycles. The van der Waals surface area contributed by atoms with Gasteiger partial charge in [0.05, 0.1) is 11.5 Å². The summed E-state index contributed by atoms with van der Waals surface area (Å²) in [5.41, 5.74) is 0.467. The number of nitro groups is 1. The lowest BCUT2D eigenvalue weighted by atomic mass is 10.0. The monoisotopic (exact) mass is 305 g/mol. The summed E-state index contributed by atoms with van der Waals surface area (Å²) in [4.78, 5) is 34.1. The van der Waals surface area contributed by atoms with Gasteiger partial charge in [-0.1, -0.05) is 13.3 Å². The molecule has 6 heteroatoms. The number of ketones is 1. The zero-order valence-corrected chi connectivity index (χ0v) is 12.7. The molecule has 0 heterocycles. The minimum absolute atomic E-state index is 0.0239. The molecule has 0 N–H and O–H groups in total. The van der Waals surface area contributed by atoms with Gasteiger partial charge in [0.25, 0.3) is 5.69 Å². The molecule has 1 rings (SSSR count). The average Bonchev–Trinajstić information content (AvgIpc) is 2.50. The molecule has 22 heavy (non-hydrogen) atoms. The molecule has 0 aromatic heterocycles. The number of carbonyl (C=O) groups excluding carboxylic acids is 2. The highest BCUT2D eigenvalue weighted by Gasteiger charge is 2.19. The van der Waals surface area contributed by atoms with Gasteiger partial charge in [-0.05, 0) is 37.1 Å². The van der Waals surface area contributed by atoms with E-state index in [0.29, 0.717) is 12.0 Å². The first-order valence-electron chi connectivity index (χ1n) is 7.16. The van der Waals surface area contributed by atoms with E-state index in [-0.39, 0.29) is 30.1 Å². The molecule has 0 atom stereocenters. The van der Waals surface area contributed by atoms with Crippen LogP contribution in [0.3, 0.4) is 0 Å². The summed E-state index contributed by atoms with van der Waals surface area (Å²) in [6, 6.07) is 5.63. The van der Waals surface area contributed by atoms with E-state index in [0.717, 1.165) is 6.42 Å². The normalized spacial score (nSPS) is 11.1. The summed E-state index contributed by atoms with van der Waals surface area (Å²) in [6.07, 6.45) is 3.23. The second-order valence-corrected chi connectivity index (χ2v) is 4.65. The Balaban J connectivity index is 3.05. The third-order valence-corrected chi connectivity index (χ3v) is 2.97. The number of Topliss-reactive ketones (excluding diaryl/α,β-unsaturated/α-hetero) is 1. The molecule has 0 aliphatic rings. The minimum Gasteiger partial charge on any atom is -0.462 e. The van der Waals surface area contributed by atoms with E-state index in [1.807, 2.05) is 6.92 Å². The number of esters is 1. The van der Waals surface area contributed by atoms with Crippen molar-refractivity contribution >= 4 is 23.5 Å². The molecular formula is C16H19NO5. The van der Waals surface area contributed by atoms with Gasteiger partial charge < -0.3 is 4.74 Å². The molecule has 0 fully saturated rings. The Labute approximate surface area is 128 Å². The maximum Gasteiger partial charge on any atom is 0.341 e. The van der Waals surface area contributed by atoms with Gasteiger partial charge >= 0.3 is 5.97 Å². The number of ether oxygens (including phenoxy) is 1. The Kier molecular flexibility index (Phi) is 6.95. The highest BCUT2D eigenvalue weighted by Crippen LogP contribution is 2.16. The number of unbranched alkanes of at least 4 members (excludes halogenated alkanes) is 1. The van der Waals surface area contributed by atoms with Crippen LogP contribution < -0.4 is 0 Å². The van der Waals surface area contributed by atoms with E-state index < -0.39 is 10.9 Å². The van der Waals surface area contributed by atoms with Crippen LogP contribution in [0.4, 0.5) is 5.69 Å². The molecule has 0 aliphatic carbocycles. The van der Waals surface area contributed by atoms with Crippen molar-refractivity contribution in [2.75, 3.05) is 6.61 Å². The Morgan fingerprint density at radius 2 is 1.86 bits per heavy atom. The first kappa shape index (κ1) is 17.6. The predicted octanol–water partition coefficient (Wildman–Crippen LogP) is 3.30. The fraction of sp³-hybridized carbons (Fsp3) is 0.375. The average molecular weight is 305 g/mol. The lowest BCUT2D eigenvalue weighted by molar-refractivity contribution is -0.384.